The molecule has 9 heteroatoms. The van der Waals surface area contributed by atoms with Gasteiger partial charge < -0.3 is 20.3 Å². The van der Waals surface area contributed by atoms with Crippen LogP contribution in [0.4, 0.5) is 29.3 Å². The fraction of sp³-hybridized carbons (Fsp3) is 0.391. The number of nitrogens with zero attached hydrogens (tertiary/aromatic N) is 1. The van der Waals surface area contributed by atoms with Gasteiger partial charge in [-0.25, -0.2) is 4.79 Å². The van der Waals surface area contributed by atoms with Gasteiger partial charge in [-0.05, 0) is 55.7 Å². The van der Waals surface area contributed by atoms with Crippen molar-refractivity contribution in [3.05, 3.63) is 59.7 Å². The van der Waals surface area contributed by atoms with Gasteiger partial charge >= 0.3 is 12.2 Å². The number of carbonyl (C=O) groups excluding carboxylic acids is 2. The zero-order valence-electron chi connectivity index (χ0n) is 17.3. The fourth-order valence-corrected chi connectivity index (χ4v) is 3.70. The molecule has 0 bridgehead atoms. The van der Waals surface area contributed by atoms with Crippen LogP contribution in [0.15, 0.2) is 48.5 Å². The van der Waals surface area contributed by atoms with Crippen molar-refractivity contribution in [1.82, 2.24) is 4.90 Å². The Labute approximate surface area is 183 Å². The largest absolute Gasteiger partial charge is 0.416 e. The Kier molecular flexibility index (Phi) is 6.36. The van der Waals surface area contributed by atoms with Crippen LogP contribution in [0.3, 0.4) is 0 Å². The van der Waals surface area contributed by atoms with Gasteiger partial charge in [0.15, 0.2) is 0 Å². The predicted octanol–water partition coefficient (Wildman–Crippen LogP) is 4.99. The summed E-state index contributed by atoms with van der Waals surface area (Å²) in [7, 11) is 0. The number of amides is 3. The maximum atomic E-state index is 12.9. The molecule has 1 aliphatic heterocycles. The lowest BCUT2D eigenvalue weighted by Crippen LogP contribution is -2.40. The Balaban J connectivity index is 1.41. The van der Waals surface area contributed by atoms with Crippen molar-refractivity contribution in [1.29, 1.82) is 0 Å². The highest BCUT2D eigenvalue weighted by atomic mass is 19.4. The van der Waals surface area contributed by atoms with E-state index in [0.29, 0.717) is 31.4 Å². The molecule has 1 atom stereocenters. The number of urea groups is 1. The van der Waals surface area contributed by atoms with Gasteiger partial charge in [-0.1, -0.05) is 12.1 Å². The Bertz CT molecular complexity index is 986. The third-order valence-electron chi connectivity index (χ3n) is 5.55. The molecule has 2 N–H and O–H groups in total. The Morgan fingerprint density at radius 1 is 1.00 bits per heavy atom. The zero-order chi connectivity index (χ0) is 22.7. The quantitative estimate of drug-likeness (QED) is 0.656. The van der Waals surface area contributed by atoms with Gasteiger partial charge in [0.25, 0.3) is 5.91 Å². The third kappa shape index (κ3) is 5.59. The lowest BCUT2D eigenvalue weighted by atomic mass is 10.1. The second-order valence-electron chi connectivity index (χ2n) is 8.16. The summed E-state index contributed by atoms with van der Waals surface area (Å²) in [6, 6.07) is 10.8. The van der Waals surface area contributed by atoms with Gasteiger partial charge in [-0.15, -0.1) is 0 Å². The Morgan fingerprint density at radius 2 is 1.72 bits per heavy atom. The molecule has 2 fully saturated rings. The van der Waals surface area contributed by atoms with Crippen molar-refractivity contribution in [2.45, 2.75) is 31.5 Å². The average molecular weight is 447 g/mol. The van der Waals surface area contributed by atoms with Crippen LogP contribution < -0.4 is 10.6 Å². The summed E-state index contributed by atoms with van der Waals surface area (Å²) >= 11 is 0. The summed E-state index contributed by atoms with van der Waals surface area (Å²) in [5, 5.41) is 5.32. The molecule has 2 aromatic rings. The summed E-state index contributed by atoms with van der Waals surface area (Å²) in [5.74, 6) is -0.242. The van der Waals surface area contributed by atoms with E-state index >= 15 is 0 Å². The lowest BCUT2D eigenvalue weighted by molar-refractivity contribution is -0.137. The minimum absolute atomic E-state index is 0.0398. The molecule has 0 radical (unpaired) electrons. The molecular formula is C23H24F3N3O3. The number of anilines is 2. The van der Waals surface area contributed by atoms with E-state index in [0.717, 1.165) is 31.4 Å². The van der Waals surface area contributed by atoms with Crippen molar-refractivity contribution in [2.24, 2.45) is 5.92 Å². The van der Waals surface area contributed by atoms with Crippen LogP contribution in [0.25, 0.3) is 0 Å². The number of alkyl halides is 3. The van der Waals surface area contributed by atoms with E-state index in [-0.39, 0.29) is 23.3 Å². The molecule has 1 saturated heterocycles. The number of benzene rings is 2. The van der Waals surface area contributed by atoms with Crippen LogP contribution in [0.2, 0.25) is 0 Å². The maximum absolute atomic E-state index is 12.9. The minimum atomic E-state index is -4.50. The van der Waals surface area contributed by atoms with Crippen molar-refractivity contribution >= 4 is 23.3 Å². The minimum Gasteiger partial charge on any atom is -0.381 e. The van der Waals surface area contributed by atoms with Gasteiger partial charge in [0.05, 0.1) is 12.2 Å². The number of halogens is 3. The molecule has 0 unspecified atom stereocenters. The third-order valence-corrected chi connectivity index (χ3v) is 5.55. The molecule has 3 amide bonds. The van der Waals surface area contributed by atoms with Gasteiger partial charge in [0, 0.05) is 42.0 Å². The topological polar surface area (TPSA) is 70.7 Å². The van der Waals surface area contributed by atoms with Crippen molar-refractivity contribution in [3.63, 3.8) is 0 Å². The first kappa shape index (κ1) is 22.1. The zero-order valence-corrected chi connectivity index (χ0v) is 17.3. The van der Waals surface area contributed by atoms with E-state index in [9.17, 15) is 22.8 Å². The van der Waals surface area contributed by atoms with Crippen LogP contribution in [0.1, 0.15) is 35.2 Å². The smallest absolute Gasteiger partial charge is 0.381 e. The molecule has 2 aliphatic rings. The molecule has 4 rings (SSSR count). The number of hydrogen-bond acceptors (Lipinski definition) is 3. The van der Waals surface area contributed by atoms with Crippen LogP contribution in [0, 0.1) is 5.92 Å². The Hall–Kier alpha value is -3.07. The van der Waals surface area contributed by atoms with E-state index in [4.69, 9.17) is 4.74 Å². The van der Waals surface area contributed by atoms with Crippen molar-refractivity contribution in [2.75, 3.05) is 30.4 Å². The average Bonchev–Trinajstić information content (AvgIpc) is 3.46. The van der Waals surface area contributed by atoms with Gasteiger partial charge in [-0.3, -0.25) is 4.79 Å². The second-order valence-corrected chi connectivity index (χ2v) is 8.16. The standard InChI is InChI=1S/C23H24F3N3O3/c24-23(25,26)17-4-2-6-19(12-17)27-21(30)16-3-1-5-18(11-16)28-22(31)29(20-7-8-20)13-15-9-10-32-14-15/h1-6,11-12,15,20H,7-10,13-14H2,(H,27,30)(H,28,31)/t15-/m1/s1. The monoisotopic (exact) mass is 447 g/mol. The summed E-state index contributed by atoms with van der Waals surface area (Å²) in [4.78, 5) is 27.2. The summed E-state index contributed by atoms with van der Waals surface area (Å²) in [6.07, 6.45) is -1.62. The van der Waals surface area contributed by atoms with Gasteiger partial charge in [0.2, 0.25) is 0 Å². The second kappa shape index (κ2) is 9.20. The van der Waals surface area contributed by atoms with E-state index in [1.165, 1.54) is 24.3 Å². The fourth-order valence-electron chi connectivity index (χ4n) is 3.70. The molecule has 0 aromatic heterocycles. The molecule has 32 heavy (non-hydrogen) atoms. The SMILES string of the molecule is O=C(Nc1cccc(C(F)(F)F)c1)c1cccc(NC(=O)N(C[C@H]2CCOC2)C2CC2)c1. The molecule has 1 aliphatic carbocycles. The molecular weight excluding hydrogens is 423 g/mol. The number of hydrogen-bond donors (Lipinski definition) is 2. The predicted molar refractivity (Wildman–Crippen MR) is 114 cm³/mol. The first-order valence-electron chi connectivity index (χ1n) is 10.5. The molecule has 1 heterocycles. The molecule has 2 aromatic carbocycles. The highest BCUT2D eigenvalue weighted by molar-refractivity contribution is 6.05. The van der Waals surface area contributed by atoms with Crippen LogP contribution in [-0.2, 0) is 10.9 Å². The van der Waals surface area contributed by atoms with Gasteiger partial charge in [0.1, 0.15) is 0 Å². The highest BCUT2D eigenvalue weighted by Crippen LogP contribution is 2.31. The normalized spacial score (nSPS) is 18.3. The number of carbonyl (C=O) groups is 2. The van der Waals surface area contributed by atoms with Crippen molar-refractivity contribution in [3.8, 4) is 0 Å². The maximum Gasteiger partial charge on any atom is 0.416 e. The Morgan fingerprint density at radius 3 is 2.38 bits per heavy atom. The van der Waals surface area contributed by atoms with Crippen LogP contribution in [0.5, 0.6) is 0 Å². The molecule has 6 nitrogen and oxygen atoms in total. The molecule has 170 valence electrons. The van der Waals surface area contributed by atoms with Crippen molar-refractivity contribution < 1.29 is 27.5 Å². The van der Waals surface area contributed by atoms with E-state index in [1.54, 1.807) is 12.1 Å². The molecule has 1 saturated carbocycles. The van der Waals surface area contributed by atoms with Crippen LogP contribution in [-0.4, -0.2) is 42.6 Å². The highest BCUT2D eigenvalue weighted by Gasteiger charge is 2.35. The van der Waals surface area contributed by atoms with Crippen LogP contribution >= 0.6 is 0 Å². The summed E-state index contributed by atoms with van der Waals surface area (Å²) < 4.78 is 44.1. The first-order valence-corrected chi connectivity index (χ1v) is 10.5. The molecule has 0 spiro atoms. The van der Waals surface area contributed by atoms with Gasteiger partial charge in [-0.2, -0.15) is 13.2 Å². The number of nitrogens with one attached hydrogen (secondary N) is 2. The first-order chi connectivity index (χ1) is 15.3. The van der Waals surface area contributed by atoms with E-state index in [1.807, 2.05) is 4.90 Å². The summed E-state index contributed by atoms with van der Waals surface area (Å²) in [6.45, 7) is 2.00. The van der Waals surface area contributed by atoms with E-state index < -0.39 is 17.6 Å². The number of ether oxygens (including phenoxy) is 1. The number of rotatable bonds is 6. The summed E-state index contributed by atoms with van der Waals surface area (Å²) in [5.41, 5.74) is -0.135. The van der Waals surface area contributed by atoms with E-state index in [2.05, 4.69) is 10.6 Å². The lowest BCUT2D eigenvalue weighted by Gasteiger charge is -2.25.